The minimum absolute atomic E-state index is 0.0256. The number of amides is 2. The number of benzene rings is 2. The molecular weight excluding hydrogens is 518 g/mol. The van der Waals surface area contributed by atoms with E-state index in [4.69, 9.17) is 21.1 Å². The van der Waals surface area contributed by atoms with Gasteiger partial charge in [-0.2, -0.15) is 0 Å². The minimum Gasteiger partial charge on any atom is -0.454 e. The van der Waals surface area contributed by atoms with Crippen LogP contribution in [0.4, 0.5) is 5.82 Å². The Kier molecular flexibility index (Phi) is 8.16. The van der Waals surface area contributed by atoms with Gasteiger partial charge in [-0.3, -0.25) is 9.59 Å². The third-order valence-corrected chi connectivity index (χ3v) is 7.24. The molecular formula is C29H32ClN5O4. The number of nitrogens with zero attached hydrogens (tertiary/aromatic N) is 5. The molecule has 1 fully saturated rings. The Morgan fingerprint density at radius 2 is 1.79 bits per heavy atom. The van der Waals surface area contributed by atoms with Crippen LogP contribution in [-0.2, 0) is 16.1 Å². The maximum absolute atomic E-state index is 13.4. The molecule has 0 bridgehead atoms. The van der Waals surface area contributed by atoms with Crippen molar-refractivity contribution in [3.8, 4) is 22.8 Å². The highest BCUT2D eigenvalue weighted by atomic mass is 35.5. The molecule has 0 spiro atoms. The Morgan fingerprint density at radius 3 is 2.56 bits per heavy atom. The summed E-state index contributed by atoms with van der Waals surface area (Å²) < 4.78 is 10.9. The number of rotatable bonds is 7. The van der Waals surface area contributed by atoms with E-state index in [0.717, 1.165) is 29.9 Å². The second kappa shape index (κ2) is 11.9. The average Bonchev–Trinajstić information content (AvgIpc) is 3.27. The maximum atomic E-state index is 13.4. The summed E-state index contributed by atoms with van der Waals surface area (Å²) in [5, 5.41) is 9.46. The van der Waals surface area contributed by atoms with Gasteiger partial charge < -0.3 is 24.2 Å². The van der Waals surface area contributed by atoms with Crippen LogP contribution in [0.3, 0.4) is 0 Å². The molecule has 0 aliphatic carbocycles. The summed E-state index contributed by atoms with van der Waals surface area (Å²) in [6.07, 6.45) is 0.792. The zero-order valence-corrected chi connectivity index (χ0v) is 22.9. The molecule has 1 saturated heterocycles. The SMILES string of the molecule is CC(C)C(=O)N(CC(=O)N1CCCN(c2ccc(-c3ccccc3Cl)nn2)CC1)Cc1ccc2c(c1)OCO2. The number of halogens is 1. The van der Waals surface area contributed by atoms with Crippen LogP contribution in [0, 0.1) is 5.92 Å². The fourth-order valence-electron chi connectivity index (χ4n) is 4.80. The van der Waals surface area contributed by atoms with Crippen molar-refractivity contribution in [3.05, 3.63) is 65.2 Å². The predicted molar refractivity (Wildman–Crippen MR) is 149 cm³/mol. The Balaban J connectivity index is 1.22. The van der Waals surface area contributed by atoms with Crippen LogP contribution in [0.1, 0.15) is 25.8 Å². The van der Waals surface area contributed by atoms with Crippen LogP contribution < -0.4 is 14.4 Å². The van der Waals surface area contributed by atoms with Gasteiger partial charge in [0.05, 0.1) is 10.7 Å². The lowest BCUT2D eigenvalue weighted by atomic mass is 10.1. The van der Waals surface area contributed by atoms with Crippen LogP contribution in [0.2, 0.25) is 5.02 Å². The van der Waals surface area contributed by atoms with Crippen molar-refractivity contribution in [2.45, 2.75) is 26.8 Å². The number of aromatic nitrogens is 2. The Labute approximate surface area is 233 Å². The predicted octanol–water partition coefficient (Wildman–Crippen LogP) is 4.25. The molecule has 39 heavy (non-hydrogen) atoms. The molecule has 3 aromatic rings. The van der Waals surface area contributed by atoms with Crippen molar-refractivity contribution in [1.29, 1.82) is 0 Å². The highest BCUT2D eigenvalue weighted by molar-refractivity contribution is 6.33. The summed E-state index contributed by atoms with van der Waals surface area (Å²) in [5.41, 5.74) is 2.45. The number of carbonyl (C=O) groups excluding carboxylic acids is 2. The second-order valence-electron chi connectivity index (χ2n) is 10.0. The van der Waals surface area contributed by atoms with E-state index in [1.54, 1.807) is 4.90 Å². The van der Waals surface area contributed by atoms with Gasteiger partial charge in [-0.05, 0) is 42.3 Å². The third kappa shape index (κ3) is 6.25. The summed E-state index contributed by atoms with van der Waals surface area (Å²) in [4.78, 5) is 32.0. The van der Waals surface area contributed by atoms with E-state index in [9.17, 15) is 9.59 Å². The van der Waals surface area contributed by atoms with Crippen molar-refractivity contribution in [1.82, 2.24) is 20.0 Å². The van der Waals surface area contributed by atoms with Crippen molar-refractivity contribution in [2.24, 2.45) is 5.92 Å². The van der Waals surface area contributed by atoms with E-state index >= 15 is 0 Å². The summed E-state index contributed by atoms with van der Waals surface area (Å²) in [7, 11) is 0. The molecule has 2 amide bonds. The van der Waals surface area contributed by atoms with Gasteiger partial charge in [0.1, 0.15) is 6.54 Å². The molecule has 2 aliphatic rings. The van der Waals surface area contributed by atoms with Crippen molar-refractivity contribution in [3.63, 3.8) is 0 Å². The first kappa shape index (κ1) is 26.7. The van der Waals surface area contributed by atoms with Gasteiger partial charge in [0, 0.05) is 44.2 Å². The molecule has 1 aromatic heterocycles. The van der Waals surface area contributed by atoms with E-state index in [0.29, 0.717) is 48.4 Å². The van der Waals surface area contributed by atoms with Crippen LogP contribution in [0.5, 0.6) is 11.5 Å². The highest BCUT2D eigenvalue weighted by Gasteiger charge is 2.26. The van der Waals surface area contributed by atoms with Crippen LogP contribution in [0.15, 0.2) is 54.6 Å². The van der Waals surface area contributed by atoms with Crippen LogP contribution >= 0.6 is 11.6 Å². The standard InChI is InChI=1S/C29H32ClN5O4/c1-20(2)29(37)35(17-21-8-10-25-26(16-21)39-19-38-25)18-28(36)34-13-5-12-33(14-15-34)27-11-9-24(31-32-27)22-6-3-4-7-23(22)30/h3-4,6-11,16,20H,5,12-15,17-19H2,1-2H3. The number of fused-ring (bicyclic) bond motifs is 1. The summed E-state index contributed by atoms with van der Waals surface area (Å²) >= 11 is 6.30. The molecule has 10 heteroatoms. The topological polar surface area (TPSA) is 88.1 Å². The Hall–Kier alpha value is -3.85. The van der Waals surface area contributed by atoms with Gasteiger partial charge >= 0.3 is 0 Å². The molecule has 5 rings (SSSR count). The highest BCUT2D eigenvalue weighted by Crippen LogP contribution is 2.33. The smallest absolute Gasteiger partial charge is 0.242 e. The van der Waals surface area contributed by atoms with E-state index < -0.39 is 0 Å². The zero-order valence-electron chi connectivity index (χ0n) is 22.2. The number of hydrogen-bond acceptors (Lipinski definition) is 7. The van der Waals surface area contributed by atoms with E-state index in [1.807, 2.05) is 73.3 Å². The fourth-order valence-corrected chi connectivity index (χ4v) is 5.03. The second-order valence-corrected chi connectivity index (χ2v) is 10.4. The van der Waals surface area contributed by atoms with Gasteiger partial charge in [-0.1, -0.05) is 49.7 Å². The van der Waals surface area contributed by atoms with Crippen molar-refractivity contribution < 1.29 is 19.1 Å². The van der Waals surface area contributed by atoms with Crippen molar-refractivity contribution in [2.75, 3.05) is 44.4 Å². The first-order chi connectivity index (χ1) is 18.9. The van der Waals surface area contributed by atoms with Crippen LogP contribution in [-0.4, -0.2) is 71.3 Å². The maximum Gasteiger partial charge on any atom is 0.242 e. The fraction of sp³-hybridized carbons (Fsp3) is 0.379. The first-order valence-corrected chi connectivity index (χ1v) is 13.6. The molecule has 0 radical (unpaired) electrons. The number of hydrogen-bond donors (Lipinski definition) is 0. The van der Waals surface area contributed by atoms with Gasteiger partial charge in [-0.15, -0.1) is 10.2 Å². The van der Waals surface area contributed by atoms with Crippen molar-refractivity contribution >= 4 is 29.2 Å². The van der Waals surface area contributed by atoms with Crippen LogP contribution in [0.25, 0.3) is 11.3 Å². The summed E-state index contributed by atoms with van der Waals surface area (Å²) in [5.74, 6) is 1.76. The molecule has 2 aliphatic heterocycles. The van der Waals surface area contributed by atoms with E-state index in [-0.39, 0.29) is 31.1 Å². The lowest BCUT2D eigenvalue weighted by Gasteiger charge is -2.28. The normalized spacial score (nSPS) is 14.9. The van der Waals surface area contributed by atoms with E-state index in [2.05, 4.69) is 15.1 Å². The zero-order chi connectivity index (χ0) is 27.4. The number of ether oxygens (including phenoxy) is 2. The molecule has 0 unspecified atom stereocenters. The molecule has 204 valence electrons. The largest absolute Gasteiger partial charge is 0.454 e. The van der Waals surface area contributed by atoms with Gasteiger partial charge in [-0.25, -0.2) is 0 Å². The molecule has 0 N–H and O–H groups in total. The van der Waals surface area contributed by atoms with Gasteiger partial charge in [0.2, 0.25) is 18.6 Å². The quantitative estimate of drug-likeness (QED) is 0.435. The summed E-state index contributed by atoms with van der Waals surface area (Å²) in [6, 6.07) is 17.0. The molecule has 9 nitrogen and oxygen atoms in total. The lowest BCUT2D eigenvalue weighted by Crippen LogP contribution is -2.45. The van der Waals surface area contributed by atoms with E-state index in [1.165, 1.54) is 0 Å². The molecule has 3 heterocycles. The number of carbonyl (C=O) groups is 2. The Morgan fingerprint density at radius 1 is 0.974 bits per heavy atom. The van der Waals surface area contributed by atoms with Gasteiger partial charge in [0.25, 0.3) is 0 Å². The third-order valence-electron chi connectivity index (χ3n) is 6.91. The summed E-state index contributed by atoms with van der Waals surface area (Å²) in [6.45, 7) is 6.79. The minimum atomic E-state index is -0.223. The monoisotopic (exact) mass is 549 g/mol. The van der Waals surface area contributed by atoms with Gasteiger partial charge in [0.15, 0.2) is 17.3 Å². The molecule has 2 aromatic carbocycles. The average molecular weight is 550 g/mol. The Bertz CT molecular complexity index is 1330. The molecule has 0 atom stereocenters. The molecule has 0 saturated carbocycles. The lowest BCUT2D eigenvalue weighted by molar-refractivity contribution is -0.142. The number of anilines is 1. The first-order valence-electron chi connectivity index (χ1n) is 13.2.